The number of nitrogens with one attached hydrogen (secondary N) is 1. The van der Waals surface area contributed by atoms with Crippen molar-refractivity contribution in [2.24, 2.45) is 0 Å². The van der Waals surface area contributed by atoms with Crippen LogP contribution in [0.4, 0.5) is 0 Å². The average Bonchev–Trinajstić information content (AvgIpc) is 2.65. The van der Waals surface area contributed by atoms with Gasteiger partial charge in [-0.2, -0.15) is 0 Å². The first-order chi connectivity index (χ1) is 6.67. The number of amides is 1. The predicted molar refractivity (Wildman–Crippen MR) is 58.9 cm³/mol. The van der Waals surface area contributed by atoms with Gasteiger partial charge in [0.15, 0.2) is 4.34 Å². The second-order valence-corrected chi connectivity index (χ2v) is 5.45. The van der Waals surface area contributed by atoms with Crippen molar-refractivity contribution in [2.75, 3.05) is 7.05 Å². The van der Waals surface area contributed by atoms with E-state index in [0.29, 0.717) is 10.3 Å². The van der Waals surface area contributed by atoms with Crippen molar-refractivity contribution in [3.8, 4) is 0 Å². The maximum Gasteiger partial charge on any atom is 0.282 e. The Kier molecular flexibility index (Phi) is 4.34. The molecule has 4 nitrogen and oxygen atoms in total. The molecule has 1 unspecified atom stereocenters. The highest BCUT2D eigenvalue weighted by Crippen LogP contribution is 2.27. The van der Waals surface area contributed by atoms with E-state index in [-0.39, 0.29) is 5.91 Å². The number of carbonyl (C=O) groups is 1. The van der Waals surface area contributed by atoms with Crippen LogP contribution in [0.5, 0.6) is 0 Å². The van der Waals surface area contributed by atoms with Gasteiger partial charge in [0.2, 0.25) is 5.01 Å². The zero-order chi connectivity index (χ0) is 10.6. The van der Waals surface area contributed by atoms with E-state index in [2.05, 4.69) is 29.4 Å². The summed E-state index contributed by atoms with van der Waals surface area (Å²) < 4.78 is 0.859. The maximum absolute atomic E-state index is 11.2. The topological polar surface area (TPSA) is 54.9 Å². The van der Waals surface area contributed by atoms with Crippen molar-refractivity contribution in [1.82, 2.24) is 15.5 Å². The van der Waals surface area contributed by atoms with E-state index in [0.717, 1.165) is 10.8 Å². The van der Waals surface area contributed by atoms with Crippen LogP contribution in [0.1, 0.15) is 30.1 Å². The Hall–Kier alpha value is -0.620. The van der Waals surface area contributed by atoms with Gasteiger partial charge in [0.05, 0.1) is 0 Å². The summed E-state index contributed by atoms with van der Waals surface area (Å²) in [4.78, 5) is 11.2. The van der Waals surface area contributed by atoms with Crippen molar-refractivity contribution >= 4 is 29.0 Å². The number of aromatic nitrogens is 2. The Labute approximate surface area is 91.5 Å². The third kappa shape index (κ3) is 2.95. The molecule has 1 atom stereocenters. The SMILES string of the molecule is CCC(C)Sc1nnc(C(=O)NC)s1. The molecule has 1 aromatic heterocycles. The van der Waals surface area contributed by atoms with Crippen LogP contribution in [0.3, 0.4) is 0 Å². The molecule has 6 heteroatoms. The fourth-order valence-electron chi connectivity index (χ4n) is 0.712. The molecule has 14 heavy (non-hydrogen) atoms. The van der Waals surface area contributed by atoms with Gasteiger partial charge in [0.25, 0.3) is 5.91 Å². The molecule has 0 aliphatic heterocycles. The van der Waals surface area contributed by atoms with E-state index < -0.39 is 0 Å². The first-order valence-electron chi connectivity index (χ1n) is 4.39. The van der Waals surface area contributed by atoms with Crippen LogP contribution in [0, 0.1) is 0 Å². The average molecular weight is 231 g/mol. The van der Waals surface area contributed by atoms with Gasteiger partial charge in [0, 0.05) is 12.3 Å². The molecule has 0 aromatic carbocycles. The van der Waals surface area contributed by atoms with Crippen molar-refractivity contribution in [2.45, 2.75) is 29.9 Å². The fourth-order valence-corrected chi connectivity index (χ4v) is 2.76. The number of thioether (sulfide) groups is 1. The van der Waals surface area contributed by atoms with E-state index in [1.54, 1.807) is 18.8 Å². The smallest absolute Gasteiger partial charge is 0.282 e. The normalized spacial score (nSPS) is 12.5. The molecule has 0 aliphatic rings. The first kappa shape index (κ1) is 11.5. The number of hydrogen-bond acceptors (Lipinski definition) is 5. The highest BCUT2D eigenvalue weighted by Gasteiger charge is 2.12. The molecule has 1 rings (SSSR count). The van der Waals surface area contributed by atoms with Crippen molar-refractivity contribution in [3.63, 3.8) is 0 Å². The quantitative estimate of drug-likeness (QED) is 0.803. The summed E-state index contributed by atoms with van der Waals surface area (Å²) >= 11 is 3.00. The van der Waals surface area contributed by atoms with Crippen LogP contribution in [0.15, 0.2) is 4.34 Å². The largest absolute Gasteiger partial charge is 0.353 e. The monoisotopic (exact) mass is 231 g/mol. The van der Waals surface area contributed by atoms with Crippen molar-refractivity contribution in [3.05, 3.63) is 5.01 Å². The molecular formula is C8H13N3OS2. The van der Waals surface area contributed by atoms with E-state index in [1.165, 1.54) is 11.3 Å². The number of nitrogens with zero attached hydrogens (tertiary/aromatic N) is 2. The van der Waals surface area contributed by atoms with Gasteiger partial charge in [-0.1, -0.05) is 36.9 Å². The summed E-state index contributed by atoms with van der Waals surface area (Å²) in [7, 11) is 1.59. The molecule has 0 saturated heterocycles. The fraction of sp³-hybridized carbons (Fsp3) is 0.625. The highest BCUT2D eigenvalue weighted by atomic mass is 32.2. The van der Waals surface area contributed by atoms with Crippen LogP contribution < -0.4 is 5.32 Å². The van der Waals surface area contributed by atoms with Gasteiger partial charge < -0.3 is 5.32 Å². The van der Waals surface area contributed by atoms with E-state index >= 15 is 0 Å². The number of carbonyl (C=O) groups excluding carboxylic acids is 1. The Morgan fingerprint density at radius 2 is 2.36 bits per heavy atom. The summed E-state index contributed by atoms with van der Waals surface area (Å²) in [5, 5.41) is 11.2. The summed E-state index contributed by atoms with van der Waals surface area (Å²) in [6.45, 7) is 4.25. The lowest BCUT2D eigenvalue weighted by Crippen LogP contribution is -2.17. The van der Waals surface area contributed by atoms with Crippen LogP contribution in [0.2, 0.25) is 0 Å². The molecule has 0 saturated carbocycles. The Morgan fingerprint density at radius 1 is 1.64 bits per heavy atom. The maximum atomic E-state index is 11.2. The van der Waals surface area contributed by atoms with E-state index in [4.69, 9.17) is 0 Å². The van der Waals surface area contributed by atoms with Gasteiger partial charge in [-0.3, -0.25) is 4.79 Å². The molecule has 0 aliphatic carbocycles. The summed E-state index contributed by atoms with van der Waals surface area (Å²) in [5.74, 6) is -0.168. The molecule has 1 N–H and O–H groups in total. The third-order valence-electron chi connectivity index (χ3n) is 1.70. The molecule has 0 spiro atoms. The first-order valence-corrected chi connectivity index (χ1v) is 6.09. The van der Waals surface area contributed by atoms with Gasteiger partial charge in [-0.05, 0) is 6.42 Å². The Bertz CT molecular complexity index is 313. The van der Waals surface area contributed by atoms with Crippen molar-refractivity contribution in [1.29, 1.82) is 0 Å². The van der Waals surface area contributed by atoms with Gasteiger partial charge in [0.1, 0.15) is 0 Å². The van der Waals surface area contributed by atoms with Crippen LogP contribution in [-0.4, -0.2) is 28.4 Å². The minimum absolute atomic E-state index is 0.168. The number of rotatable bonds is 4. The minimum atomic E-state index is -0.168. The van der Waals surface area contributed by atoms with E-state index in [9.17, 15) is 4.79 Å². The third-order valence-corrected chi connectivity index (χ3v) is 3.98. The Balaban J connectivity index is 2.63. The summed E-state index contributed by atoms with van der Waals surface area (Å²) in [5.41, 5.74) is 0. The Morgan fingerprint density at radius 3 is 2.93 bits per heavy atom. The molecule has 1 heterocycles. The lowest BCUT2D eigenvalue weighted by atomic mass is 10.4. The lowest BCUT2D eigenvalue weighted by Gasteiger charge is -2.02. The molecule has 1 amide bonds. The zero-order valence-electron chi connectivity index (χ0n) is 8.40. The molecule has 0 radical (unpaired) electrons. The van der Waals surface area contributed by atoms with Crippen LogP contribution >= 0.6 is 23.1 Å². The molecular weight excluding hydrogens is 218 g/mol. The van der Waals surface area contributed by atoms with Gasteiger partial charge in [-0.25, -0.2) is 0 Å². The summed E-state index contributed by atoms with van der Waals surface area (Å²) in [6, 6.07) is 0. The van der Waals surface area contributed by atoms with Crippen molar-refractivity contribution < 1.29 is 4.79 Å². The van der Waals surface area contributed by atoms with Crippen LogP contribution in [0.25, 0.3) is 0 Å². The molecule has 78 valence electrons. The van der Waals surface area contributed by atoms with E-state index in [1.807, 2.05) is 0 Å². The minimum Gasteiger partial charge on any atom is -0.353 e. The lowest BCUT2D eigenvalue weighted by molar-refractivity contribution is 0.0962. The molecule has 0 bridgehead atoms. The van der Waals surface area contributed by atoms with Gasteiger partial charge >= 0.3 is 0 Å². The predicted octanol–water partition coefficient (Wildman–Crippen LogP) is 1.79. The van der Waals surface area contributed by atoms with Gasteiger partial charge in [-0.15, -0.1) is 10.2 Å². The highest BCUT2D eigenvalue weighted by molar-refractivity contribution is 8.01. The zero-order valence-corrected chi connectivity index (χ0v) is 10.0. The molecule has 0 fully saturated rings. The second-order valence-electron chi connectivity index (χ2n) is 2.79. The summed E-state index contributed by atoms with van der Waals surface area (Å²) in [6.07, 6.45) is 1.08. The standard InChI is InChI=1S/C8H13N3OS2/c1-4-5(2)13-8-11-10-7(14-8)6(12)9-3/h5H,4H2,1-3H3,(H,9,12). The second kappa shape index (κ2) is 5.31. The number of hydrogen-bond donors (Lipinski definition) is 1. The molecule has 1 aromatic rings. The van der Waals surface area contributed by atoms with Crippen LogP contribution in [-0.2, 0) is 0 Å².